The van der Waals surface area contributed by atoms with E-state index in [4.69, 9.17) is 17.5 Å². The van der Waals surface area contributed by atoms with Crippen molar-refractivity contribution < 1.29 is 22.0 Å². The fourth-order valence-electron chi connectivity index (χ4n) is 5.58. The minimum atomic E-state index is -5.17. The van der Waals surface area contributed by atoms with Crippen LogP contribution in [0.2, 0.25) is 0 Å². The zero-order valence-electron chi connectivity index (χ0n) is 27.3. The third-order valence-corrected chi connectivity index (χ3v) is 7.94. The van der Waals surface area contributed by atoms with Crippen molar-refractivity contribution in [2.45, 2.75) is 182 Å². The van der Waals surface area contributed by atoms with Gasteiger partial charge in [0.15, 0.2) is 0 Å². The lowest BCUT2D eigenvalue weighted by atomic mass is 10.0. The molecule has 4 N–H and O–H groups in total. The Kier molecular flexibility index (Phi) is 35.8. The monoisotopic (exact) mass is 581 g/mol. The maximum atomic E-state index is 8.52. The first-order chi connectivity index (χ1) is 18.2. The van der Waals surface area contributed by atoms with Gasteiger partial charge < -0.3 is 19.7 Å². The van der Waals surface area contributed by atoms with E-state index in [9.17, 15) is 0 Å². The first kappa shape index (κ1) is 43.2. The highest BCUT2D eigenvalue weighted by molar-refractivity contribution is 7.79. The number of nitrogens with zero attached hydrogens (tertiary/aromatic N) is 1. The molecule has 39 heavy (non-hydrogen) atoms. The average molecular weight is 581 g/mol. The van der Waals surface area contributed by atoms with Gasteiger partial charge in [0.25, 0.3) is 0 Å². The molecule has 0 heterocycles. The van der Waals surface area contributed by atoms with Gasteiger partial charge in [0.1, 0.15) is 0 Å². The summed E-state index contributed by atoms with van der Waals surface area (Å²) in [7, 11) is -5.17. The second-order valence-electron chi connectivity index (χ2n) is 11.7. The van der Waals surface area contributed by atoms with Crippen LogP contribution in [0.25, 0.3) is 0 Å². The summed E-state index contributed by atoms with van der Waals surface area (Å²) in [5, 5.41) is 0. The number of rotatable bonds is 28. The lowest BCUT2D eigenvalue weighted by Crippen LogP contribution is -2.50. The van der Waals surface area contributed by atoms with Gasteiger partial charge in [-0.3, -0.25) is 8.42 Å². The predicted octanol–water partition coefficient (Wildman–Crippen LogP) is 10.3. The van der Waals surface area contributed by atoms with Crippen LogP contribution in [0, 0.1) is 0 Å². The van der Waals surface area contributed by atoms with Crippen molar-refractivity contribution in [2.75, 3.05) is 26.2 Å². The van der Waals surface area contributed by atoms with E-state index >= 15 is 0 Å². The number of hydrogen-bond donors (Lipinski definition) is 1. The molecule has 0 saturated heterocycles. The van der Waals surface area contributed by atoms with Crippen LogP contribution in [0.1, 0.15) is 182 Å². The van der Waals surface area contributed by atoms with Crippen molar-refractivity contribution in [3.05, 3.63) is 0 Å². The molecule has 0 aliphatic carbocycles. The molecule has 0 rings (SSSR count). The van der Waals surface area contributed by atoms with Crippen LogP contribution < -0.4 is 6.15 Å². The molecule has 0 radical (unpaired) electrons. The SMILES string of the molecule is CCCCCCCC[N+](CCCCCCCC)(CCCCCCCC)CCCCCCCC.O=S(=O)([O-])[O-].[NH4+]. The summed E-state index contributed by atoms with van der Waals surface area (Å²) < 4.78 is 35.6. The van der Waals surface area contributed by atoms with Gasteiger partial charge in [-0.05, 0) is 51.4 Å². The van der Waals surface area contributed by atoms with Crippen molar-refractivity contribution in [2.24, 2.45) is 0 Å². The molecule has 0 fully saturated rings. The number of hydrogen-bond acceptors (Lipinski definition) is 4. The summed E-state index contributed by atoms with van der Waals surface area (Å²) >= 11 is 0. The van der Waals surface area contributed by atoms with Crippen LogP contribution in [0.5, 0.6) is 0 Å². The summed E-state index contributed by atoms with van der Waals surface area (Å²) in [5.74, 6) is 0. The zero-order valence-corrected chi connectivity index (χ0v) is 28.1. The third kappa shape index (κ3) is 37.8. The van der Waals surface area contributed by atoms with Gasteiger partial charge in [-0.2, -0.15) is 0 Å². The van der Waals surface area contributed by atoms with E-state index in [0.717, 1.165) is 0 Å². The second kappa shape index (κ2) is 32.3. The van der Waals surface area contributed by atoms with Crippen molar-refractivity contribution in [3.63, 3.8) is 0 Å². The molecular formula is C32H72N2O4S. The molecule has 0 atom stereocenters. The van der Waals surface area contributed by atoms with E-state index in [1.54, 1.807) is 0 Å². The van der Waals surface area contributed by atoms with Gasteiger partial charge >= 0.3 is 0 Å². The Labute approximate surface area is 246 Å². The highest BCUT2D eigenvalue weighted by Crippen LogP contribution is 2.20. The molecule has 240 valence electrons. The van der Waals surface area contributed by atoms with Gasteiger partial charge in [0.05, 0.1) is 26.2 Å². The van der Waals surface area contributed by atoms with Crippen LogP contribution in [-0.4, -0.2) is 48.2 Å². The first-order valence-electron chi connectivity index (χ1n) is 16.8. The Bertz CT molecular complexity index is 481. The van der Waals surface area contributed by atoms with Gasteiger partial charge in [-0.25, -0.2) is 0 Å². The van der Waals surface area contributed by atoms with Gasteiger partial charge in [0, 0.05) is 10.4 Å². The van der Waals surface area contributed by atoms with Crippen LogP contribution >= 0.6 is 0 Å². The van der Waals surface area contributed by atoms with E-state index < -0.39 is 10.4 Å². The molecule has 0 aromatic heterocycles. The maximum Gasteiger partial charge on any atom is 0.0786 e. The molecule has 0 spiro atoms. The first-order valence-corrected chi connectivity index (χ1v) is 18.1. The summed E-state index contributed by atoms with van der Waals surface area (Å²) in [5.41, 5.74) is 0. The fourth-order valence-corrected chi connectivity index (χ4v) is 5.58. The molecule has 0 aliphatic heterocycles. The minimum Gasteiger partial charge on any atom is -0.759 e. The molecule has 0 amide bonds. The van der Waals surface area contributed by atoms with Crippen molar-refractivity contribution >= 4 is 10.4 Å². The molecule has 0 aromatic carbocycles. The lowest BCUT2D eigenvalue weighted by Gasteiger charge is -2.40. The quantitative estimate of drug-likeness (QED) is 0.0428. The maximum absolute atomic E-state index is 8.52. The summed E-state index contributed by atoms with van der Waals surface area (Å²) in [4.78, 5) is 0. The highest BCUT2D eigenvalue weighted by atomic mass is 32.3. The van der Waals surface area contributed by atoms with Gasteiger partial charge in [-0.1, -0.05) is 130 Å². The Morgan fingerprint density at radius 1 is 0.385 bits per heavy atom. The molecule has 0 saturated carbocycles. The molecule has 0 aromatic rings. The summed E-state index contributed by atoms with van der Waals surface area (Å²) in [6.07, 6.45) is 34.8. The summed E-state index contributed by atoms with van der Waals surface area (Å²) in [6.45, 7) is 15.3. The zero-order chi connectivity index (χ0) is 28.8. The normalized spacial score (nSPS) is 11.6. The molecule has 6 nitrogen and oxygen atoms in total. The van der Waals surface area contributed by atoms with Crippen LogP contribution in [0.15, 0.2) is 0 Å². The Hall–Kier alpha value is -0.210. The van der Waals surface area contributed by atoms with E-state index in [0.29, 0.717) is 0 Å². The Morgan fingerprint density at radius 3 is 0.718 bits per heavy atom. The van der Waals surface area contributed by atoms with Crippen LogP contribution in [-0.2, 0) is 10.4 Å². The third-order valence-electron chi connectivity index (χ3n) is 7.94. The van der Waals surface area contributed by atoms with Crippen LogP contribution in [0.4, 0.5) is 0 Å². The second-order valence-corrected chi connectivity index (χ2v) is 12.5. The number of unbranched alkanes of at least 4 members (excludes halogenated alkanes) is 20. The Balaban J connectivity index is -0.00000196. The van der Waals surface area contributed by atoms with Crippen molar-refractivity contribution in [1.29, 1.82) is 0 Å². The average Bonchev–Trinajstić information content (AvgIpc) is 2.86. The topological polar surface area (TPSA) is 117 Å². The molecular weight excluding hydrogens is 508 g/mol. The smallest absolute Gasteiger partial charge is 0.0786 e. The largest absolute Gasteiger partial charge is 0.759 e. The molecule has 0 unspecified atom stereocenters. The minimum absolute atomic E-state index is 0. The fraction of sp³-hybridized carbons (Fsp3) is 1.00. The highest BCUT2D eigenvalue weighted by Gasteiger charge is 2.25. The molecule has 0 bridgehead atoms. The predicted molar refractivity (Wildman–Crippen MR) is 170 cm³/mol. The summed E-state index contributed by atoms with van der Waals surface area (Å²) in [6, 6.07) is 0. The van der Waals surface area contributed by atoms with E-state index in [-0.39, 0.29) is 6.15 Å². The van der Waals surface area contributed by atoms with E-state index in [1.807, 2.05) is 0 Å². The Morgan fingerprint density at radius 2 is 0.538 bits per heavy atom. The molecule has 0 aliphatic rings. The molecule has 7 heteroatoms. The van der Waals surface area contributed by atoms with Gasteiger partial charge in [0.2, 0.25) is 0 Å². The van der Waals surface area contributed by atoms with E-state index in [2.05, 4.69) is 27.7 Å². The standard InChI is InChI=1S/C32H68N.H3N.H2O4S/c1-5-9-13-17-21-25-29-33(30-26-22-18-14-10-6-2,31-27-23-19-15-11-7-3)32-28-24-20-16-12-8-4;;1-5(2,3)4/h5-32H2,1-4H3;1H3;(H2,1,2,3,4)/q+1;;/p-1. The van der Waals surface area contributed by atoms with Crippen LogP contribution in [0.3, 0.4) is 0 Å². The van der Waals surface area contributed by atoms with E-state index in [1.165, 1.54) is 185 Å². The van der Waals surface area contributed by atoms with Crippen molar-refractivity contribution in [3.8, 4) is 0 Å². The number of quaternary nitrogens is 2. The van der Waals surface area contributed by atoms with Gasteiger partial charge in [-0.15, -0.1) is 0 Å². The van der Waals surface area contributed by atoms with Crippen molar-refractivity contribution in [1.82, 2.24) is 6.15 Å². The lowest BCUT2D eigenvalue weighted by molar-refractivity contribution is -0.929.